The Hall–Kier alpha value is -1.07. The third-order valence-electron chi connectivity index (χ3n) is 3.05. The quantitative estimate of drug-likeness (QED) is 0.792. The van der Waals surface area contributed by atoms with Gasteiger partial charge in [-0.05, 0) is 20.8 Å². The van der Waals surface area contributed by atoms with E-state index in [9.17, 15) is 0 Å². The molecule has 0 radical (unpaired) electrons. The van der Waals surface area contributed by atoms with Crippen LogP contribution in [0.4, 0.5) is 5.95 Å². The molecule has 0 bridgehead atoms. The SMILES string of the molecule is CCOc1cc(C)nc(N2CC(CCl)OCC2C)n1. The fraction of sp³-hybridized carbons (Fsp3) is 0.692. The molecule has 1 aromatic rings. The van der Waals surface area contributed by atoms with Crippen LogP contribution in [-0.4, -0.2) is 47.8 Å². The molecule has 0 spiro atoms. The maximum absolute atomic E-state index is 5.88. The van der Waals surface area contributed by atoms with E-state index in [4.69, 9.17) is 21.1 Å². The molecule has 2 heterocycles. The van der Waals surface area contributed by atoms with Gasteiger partial charge in [0.15, 0.2) is 0 Å². The fourth-order valence-electron chi connectivity index (χ4n) is 2.06. The van der Waals surface area contributed by atoms with Gasteiger partial charge in [-0.2, -0.15) is 4.98 Å². The van der Waals surface area contributed by atoms with Crippen molar-refractivity contribution in [1.29, 1.82) is 0 Å². The standard InChI is InChI=1S/C13H20ClN3O2/c1-4-18-12-5-9(2)15-13(16-12)17-7-11(6-14)19-8-10(17)3/h5,10-11H,4,6-8H2,1-3H3. The Kier molecular flexibility index (Phi) is 4.82. The summed E-state index contributed by atoms with van der Waals surface area (Å²) in [5, 5.41) is 0. The molecule has 2 atom stereocenters. The number of halogens is 1. The molecule has 1 aromatic heterocycles. The molecule has 1 fully saturated rings. The van der Waals surface area contributed by atoms with Crippen LogP contribution in [0.15, 0.2) is 6.07 Å². The second-order valence-electron chi connectivity index (χ2n) is 4.69. The largest absolute Gasteiger partial charge is 0.478 e. The summed E-state index contributed by atoms with van der Waals surface area (Å²) in [5.74, 6) is 1.79. The average Bonchev–Trinajstić information content (AvgIpc) is 2.39. The third kappa shape index (κ3) is 3.48. The van der Waals surface area contributed by atoms with E-state index in [0.29, 0.717) is 37.5 Å². The van der Waals surface area contributed by atoms with Crippen molar-refractivity contribution in [3.8, 4) is 5.88 Å². The molecule has 5 nitrogen and oxygen atoms in total. The predicted molar refractivity (Wildman–Crippen MR) is 75.2 cm³/mol. The second kappa shape index (κ2) is 6.39. The Balaban J connectivity index is 2.23. The normalized spacial score (nSPS) is 23.5. The summed E-state index contributed by atoms with van der Waals surface area (Å²) >= 11 is 5.88. The molecular weight excluding hydrogens is 266 g/mol. The number of rotatable bonds is 4. The van der Waals surface area contributed by atoms with Crippen LogP contribution in [0.1, 0.15) is 19.5 Å². The highest BCUT2D eigenvalue weighted by Gasteiger charge is 2.27. The van der Waals surface area contributed by atoms with E-state index in [1.54, 1.807) is 0 Å². The van der Waals surface area contributed by atoms with Gasteiger partial charge in [-0.1, -0.05) is 0 Å². The topological polar surface area (TPSA) is 47.5 Å². The molecule has 0 saturated carbocycles. The molecule has 2 rings (SSSR count). The summed E-state index contributed by atoms with van der Waals surface area (Å²) in [5.41, 5.74) is 0.898. The number of aryl methyl sites for hydroxylation is 1. The van der Waals surface area contributed by atoms with Crippen molar-refractivity contribution in [3.05, 3.63) is 11.8 Å². The molecule has 1 aliphatic rings. The van der Waals surface area contributed by atoms with E-state index in [-0.39, 0.29) is 12.1 Å². The van der Waals surface area contributed by atoms with Crippen molar-refractivity contribution in [2.45, 2.75) is 32.9 Å². The first-order valence-corrected chi connectivity index (χ1v) is 7.10. The molecule has 0 aliphatic carbocycles. The number of hydrogen-bond donors (Lipinski definition) is 0. The Morgan fingerprint density at radius 2 is 2.32 bits per heavy atom. The van der Waals surface area contributed by atoms with E-state index in [1.165, 1.54) is 0 Å². The van der Waals surface area contributed by atoms with Gasteiger partial charge < -0.3 is 14.4 Å². The highest BCUT2D eigenvalue weighted by molar-refractivity contribution is 6.18. The molecule has 0 aromatic carbocycles. The van der Waals surface area contributed by atoms with Crippen LogP contribution >= 0.6 is 11.6 Å². The van der Waals surface area contributed by atoms with E-state index in [2.05, 4.69) is 21.8 Å². The molecule has 0 amide bonds. The van der Waals surface area contributed by atoms with Crippen LogP contribution in [0.25, 0.3) is 0 Å². The van der Waals surface area contributed by atoms with Crippen LogP contribution in [0, 0.1) is 6.92 Å². The van der Waals surface area contributed by atoms with Gasteiger partial charge in [0.2, 0.25) is 11.8 Å². The summed E-state index contributed by atoms with van der Waals surface area (Å²) in [4.78, 5) is 11.1. The first-order chi connectivity index (χ1) is 9.13. The lowest BCUT2D eigenvalue weighted by molar-refractivity contribution is 0.0357. The highest BCUT2D eigenvalue weighted by atomic mass is 35.5. The van der Waals surface area contributed by atoms with Gasteiger partial charge in [0.1, 0.15) is 0 Å². The number of anilines is 1. The molecular formula is C13H20ClN3O2. The van der Waals surface area contributed by atoms with Gasteiger partial charge in [-0.3, -0.25) is 0 Å². The van der Waals surface area contributed by atoms with Crippen LogP contribution in [0.3, 0.4) is 0 Å². The average molecular weight is 286 g/mol. The van der Waals surface area contributed by atoms with E-state index >= 15 is 0 Å². The van der Waals surface area contributed by atoms with Gasteiger partial charge in [0, 0.05) is 18.3 Å². The molecule has 2 unspecified atom stereocenters. The van der Waals surface area contributed by atoms with Crippen LogP contribution < -0.4 is 9.64 Å². The summed E-state index contributed by atoms with van der Waals surface area (Å²) < 4.78 is 11.1. The van der Waals surface area contributed by atoms with Gasteiger partial charge in [-0.15, -0.1) is 11.6 Å². The first kappa shape index (κ1) is 14.3. The summed E-state index contributed by atoms with van der Waals surface area (Å²) in [6.07, 6.45) is 0.0255. The first-order valence-electron chi connectivity index (χ1n) is 6.56. The predicted octanol–water partition coefficient (Wildman–Crippen LogP) is 2.02. The van der Waals surface area contributed by atoms with E-state index in [0.717, 1.165) is 5.69 Å². The minimum absolute atomic E-state index is 0.0255. The van der Waals surface area contributed by atoms with E-state index < -0.39 is 0 Å². The number of hydrogen-bond acceptors (Lipinski definition) is 5. The van der Waals surface area contributed by atoms with Gasteiger partial charge in [0.05, 0.1) is 31.2 Å². The van der Waals surface area contributed by atoms with Crippen LogP contribution in [-0.2, 0) is 4.74 Å². The smallest absolute Gasteiger partial charge is 0.229 e. The van der Waals surface area contributed by atoms with E-state index in [1.807, 2.05) is 19.9 Å². The minimum atomic E-state index is 0.0255. The van der Waals surface area contributed by atoms with Gasteiger partial charge in [0.25, 0.3) is 0 Å². The zero-order valence-corrected chi connectivity index (χ0v) is 12.4. The molecule has 1 saturated heterocycles. The van der Waals surface area contributed by atoms with Crippen molar-refractivity contribution in [3.63, 3.8) is 0 Å². The van der Waals surface area contributed by atoms with Crippen molar-refractivity contribution in [1.82, 2.24) is 9.97 Å². The fourth-order valence-corrected chi connectivity index (χ4v) is 2.25. The highest BCUT2D eigenvalue weighted by Crippen LogP contribution is 2.21. The monoisotopic (exact) mass is 285 g/mol. The summed E-state index contributed by atoms with van der Waals surface area (Å²) in [7, 11) is 0. The Bertz CT molecular complexity index is 430. The molecule has 6 heteroatoms. The lowest BCUT2D eigenvalue weighted by Crippen LogP contribution is -2.49. The Morgan fingerprint density at radius 3 is 3.00 bits per heavy atom. The van der Waals surface area contributed by atoms with Crippen molar-refractivity contribution >= 4 is 17.5 Å². The lowest BCUT2D eigenvalue weighted by atomic mass is 10.2. The van der Waals surface area contributed by atoms with Crippen LogP contribution in [0.2, 0.25) is 0 Å². The van der Waals surface area contributed by atoms with Gasteiger partial charge in [-0.25, -0.2) is 4.98 Å². The molecule has 1 aliphatic heterocycles. The third-order valence-corrected chi connectivity index (χ3v) is 3.39. The molecule has 19 heavy (non-hydrogen) atoms. The van der Waals surface area contributed by atoms with Gasteiger partial charge >= 0.3 is 0 Å². The van der Waals surface area contributed by atoms with Crippen LogP contribution in [0.5, 0.6) is 5.88 Å². The minimum Gasteiger partial charge on any atom is -0.478 e. The summed E-state index contributed by atoms with van der Waals surface area (Å²) in [6, 6.07) is 2.08. The van der Waals surface area contributed by atoms with Crippen molar-refractivity contribution in [2.75, 3.05) is 30.5 Å². The molecule has 0 N–H and O–H groups in total. The lowest BCUT2D eigenvalue weighted by Gasteiger charge is -2.37. The zero-order chi connectivity index (χ0) is 13.8. The second-order valence-corrected chi connectivity index (χ2v) is 5.00. The summed E-state index contributed by atoms with van der Waals surface area (Å²) in [6.45, 7) is 7.92. The number of aromatic nitrogens is 2. The number of morpholine rings is 1. The van der Waals surface area contributed by atoms with Crippen molar-refractivity contribution in [2.24, 2.45) is 0 Å². The van der Waals surface area contributed by atoms with Crippen molar-refractivity contribution < 1.29 is 9.47 Å². The Morgan fingerprint density at radius 1 is 1.53 bits per heavy atom. The maximum Gasteiger partial charge on any atom is 0.229 e. The zero-order valence-electron chi connectivity index (χ0n) is 11.6. The number of nitrogens with zero attached hydrogens (tertiary/aromatic N) is 3. The maximum atomic E-state index is 5.88. The number of alkyl halides is 1. The molecule has 106 valence electrons. The Labute approximate surface area is 118 Å². The number of ether oxygens (including phenoxy) is 2.